The summed E-state index contributed by atoms with van der Waals surface area (Å²) in [5.74, 6) is 6.10. The summed E-state index contributed by atoms with van der Waals surface area (Å²) in [6, 6.07) is 0.0917. The van der Waals surface area contributed by atoms with Crippen LogP contribution >= 0.6 is 0 Å². The summed E-state index contributed by atoms with van der Waals surface area (Å²) >= 11 is 0. The molecule has 2 aromatic heterocycles. The maximum atomic E-state index is 12.4. The maximum absolute atomic E-state index is 12.4. The lowest BCUT2D eigenvalue weighted by Gasteiger charge is -2.31. The average Bonchev–Trinajstić information content (AvgIpc) is 3.45. The van der Waals surface area contributed by atoms with Crippen LogP contribution in [0.15, 0.2) is 6.33 Å². The Bertz CT molecular complexity index is 1140. The molecule has 182 valence electrons. The number of aromatic nitrogens is 4. The van der Waals surface area contributed by atoms with Crippen LogP contribution in [-0.4, -0.2) is 70.7 Å². The van der Waals surface area contributed by atoms with E-state index in [4.69, 9.17) is 10.5 Å². The Morgan fingerprint density at radius 3 is 2.68 bits per heavy atom. The number of fused-ring (bicyclic) bond motifs is 1. The second kappa shape index (κ2) is 8.78. The van der Waals surface area contributed by atoms with Crippen molar-refractivity contribution in [2.24, 2.45) is 5.92 Å². The fourth-order valence-electron chi connectivity index (χ4n) is 4.66. The molecule has 3 heterocycles. The standard InChI is InChI=1S/C23H30N6O5/c1-2-12-5-8-23(33,9-6-12)10-7-14-27-19(24)15-20(28-14)29(11-25-15)22-17(31)16(30)18(34-22)21(32)26-13-3-4-13/h11-13,16-18,22,30-31,33H,2-6,8-9H2,1H3,(H,26,32)(H2,24,27,28)/t12?,16-,17+,18+,22?,23?/m1/s1. The van der Waals surface area contributed by atoms with E-state index in [0.29, 0.717) is 18.8 Å². The molecule has 2 aliphatic carbocycles. The number of rotatable bonds is 4. The van der Waals surface area contributed by atoms with Crippen LogP contribution in [-0.2, 0) is 9.53 Å². The van der Waals surface area contributed by atoms with Gasteiger partial charge in [-0.3, -0.25) is 9.36 Å². The molecule has 1 saturated heterocycles. The summed E-state index contributed by atoms with van der Waals surface area (Å²) in [6.45, 7) is 2.15. The van der Waals surface area contributed by atoms with E-state index in [-0.39, 0.29) is 28.8 Å². The van der Waals surface area contributed by atoms with Crippen molar-refractivity contribution in [1.29, 1.82) is 0 Å². The number of ether oxygens (including phenoxy) is 1. The highest BCUT2D eigenvalue weighted by atomic mass is 16.6. The van der Waals surface area contributed by atoms with Crippen molar-refractivity contribution in [2.45, 2.75) is 88.1 Å². The van der Waals surface area contributed by atoms with E-state index in [2.05, 4.69) is 39.0 Å². The second-order valence-electron chi connectivity index (χ2n) is 9.60. The normalized spacial score (nSPS) is 33.5. The van der Waals surface area contributed by atoms with Crippen LogP contribution in [0.25, 0.3) is 11.2 Å². The smallest absolute Gasteiger partial charge is 0.252 e. The van der Waals surface area contributed by atoms with Crippen molar-refractivity contribution in [1.82, 2.24) is 24.8 Å². The third-order valence-corrected chi connectivity index (χ3v) is 7.06. The van der Waals surface area contributed by atoms with Crippen LogP contribution in [0, 0.1) is 17.8 Å². The number of nitrogen functional groups attached to an aromatic ring is 1. The van der Waals surface area contributed by atoms with Gasteiger partial charge in [-0.25, -0.2) is 15.0 Å². The third kappa shape index (κ3) is 4.34. The number of nitrogens with zero attached hydrogens (tertiary/aromatic N) is 4. The number of nitrogens with one attached hydrogen (secondary N) is 1. The third-order valence-electron chi connectivity index (χ3n) is 7.06. The SMILES string of the molecule is CCC1CCC(O)(C#Cc2nc(N)c3ncn(C4O[C@H](C(=O)NC5CC5)[C@H](O)[C@@H]4O)c3n2)CC1. The van der Waals surface area contributed by atoms with E-state index < -0.39 is 36.0 Å². The summed E-state index contributed by atoms with van der Waals surface area (Å²) in [5.41, 5.74) is 5.51. The summed E-state index contributed by atoms with van der Waals surface area (Å²) < 4.78 is 7.15. The molecule has 2 saturated carbocycles. The lowest BCUT2D eigenvalue weighted by Crippen LogP contribution is -2.43. The quantitative estimate of drug-likeness (QED) is 0.386. The fraction of sp³-hybridized carbons (Fsp3) is 0.652. The van der Waals surface area contributed by atoms with Gasteiger partial charge in [0.2, 0.25) is 5.82 Å². The summed E-state index contributed by atoms with van der Waals surface area (Å²) in [5, 5.41) is 34.6. The Kier molecular flexibility index (Phi) is 5.93. The van der Waals surface area contributed by atoms with E-state index in [1.165, 1.54) is 10.9 Å². The molecule has 11 nitrogen and oxygen atoms in total. The molecule has 1 aliphatic heterocycles. The van der Waals surface area contributed by atoms with Crippen molar-refractivity contribution in [2.75, 3.05) is 5.73 Å². The summed E-state index contributed by atoms with van der Waals surface area (Å²) in [6.07, 6.45) is 2.17. The molecular formula is C23H30N6O5. The fourth-order valence-corrected chi connectivity index (χ4v) is 4.66. The number of nitrogens with two attached hydrogens (primary N) is 1. The van der Waals surface area contributed by atoms with E-state index in [0.717, 1.165) is 32.1 Å². The predicted molar refractivity (Wildman–Crippen MR) is 121 cm³/mol. The molecule has 11 heteroatoms. The summed E-state index contributed by atoms with van der Waals surface area (Å²) in [4.78, 5) is 25.3. The Morgan fingerprint density at radius 1 is 1.26 bits per heavy atom. The number of aliphatic hydroxyl groups excluding tert-OH is 2. The Hall–Kier alpha value is -2.78. The molecule has 5 rings (SSSR count). The molecule has 0 aromatic carbocycles. The van der Waals surface area contributed by atoms with Crippen molar-refractivity contribution >= 4 is 22.9 Å². The van der Waals surface area contributed by atoms with Gasteiger partial charge >= 0.3 is 0 Å². The van der Waals surface area contributed by atoms with Crippen molar-refractivity contribution in [3.63, 3.8) is 0 Å². The minimum atomic E-state index is -1.41. The van der Waals surface area contributed by atoms with E-state index in [1.54, 1.807) is 0 Å². The highest BCUT2D eigenvalue weighted by Crippen LogP contribution is 2.34. The molecule has 0 radical (unpaired) electrons. The van der Waals surface area contributed by atoms with Gasteiger partial charge in [0.1, 0.15) is 23.3 Å². The van der Waals surface area contributed by atoms with Gasteiger partial charge in [0.25, 0.3) is 5.91 Å². The number of aliphatic hydroxyl groups is 3. The van der Waals surface area contributed by atoms with Gasteiger partial charge in [0.15, 0.2) is 23.8 Å². The minimum absolute atomic E-state index is 0.0887. The van der Waals surface area contributed by atoms with E-state index in [9.17, 15) is 20.1 Å². The zero-order chi connectivity index (χ0) is 24.0. The largest absolute Gasteiger partial charge is 0.387 e. The van der Waals surface area contributed by atoms with Gasteiger partial charge in [0, 0.05) is 6.04 Å². The Morgan fingerprint density at radius 2 is 2.00 bits per heavy atom. The lowest BCUT2D eigenvalue weighted by molar-refractivity contribution is -0.137. The Labute approximate surface area is 196 Å². The molecule has 1 amide bonds. The first-order chi connectivity index (χ1) is 16.3. The number of hydrogen-bond donors (Lipinski definition) is 5. The molecule has 0 bridgehead atoms. The van der Waals surface area contributed by atoms with Crippen molar-refractivity contribution < 1.29 is 24.9 Å². The monoisotopic (exact) mass is 470 g/mol. The van der Waals surface area contributed by atoms with E-state index >= 15 is 0 Å². The van der Waals surface area contributed by atoms with Crippen LogP contribution < -0.4 is 11.1 Å². The van der Waals surface area contributed by atoms with Gasteiger partial charge in [-0.1, -0.05) is 19.3 Å². The number of anilines is 1. The van der Waals surface area contributed by atoms with Crippen molar-refractivity contribution in [3.8, 4) is 11.8 Å². The van der Waals surface area contributed by atoms with Crippen LogP contribution in [0.1, 0.15) is 63.9 Å². The Balaban J connectivity index is 1.40. The van der Waals surface area contributed by atoms with Gasteiger partial charge in [0.05, 0.1) is 6.33 Å². The molecule has 6 N–H and O–H groups in total. The maximum Gasteiger partial charge on any atom is 0.252 e. The van der Waals surface area contributed by atoms with Gasteiger partial charge in [-0.05, 0) is 50.4 Å². The molecule has 34 heavy (non-hydrogen) atoms. The number of carbonyl (C=O) groups excluding carboxylic acids is 1. The number of amides is 1. The highest BCUT2D eigenvalue weighted by Gasteiger charge is 2.48. The molecule has 3 fully saturated rings. The van der Waals surface area contributed by atoms with Crippen LogP contribution in [0.2, 0.25) is 0 Å². The molecule has 2 aromatic rings. The van der Waals surface area contributed by atoms with Crippen LogP contribution in [0.4, 0.5) is 5.82 Å². The topological polar surface area (TPSA) is 169 Å². The summed E-state index contributed by atoms with van der Waals surface area (Å²) in [7, 11) is 0. The predicted octanol–water partition coefficient (Wildman–Crippen LogP) is -0.0109. The first kappa shape index (κ1) is 23.0. The molecular weight excluding hydrogens is 440 g/mol. The molecule has 0 spiro atoms. The van der Waals surface area contributed by atoms with Crippen LogP contribution in [0.5, 0.6) is 0 Å². The number of imidazole rings is 1. The first-order valence-corrected chi connectivity index (χ1v) is 11.9. The lowest BCUT2D eigenvalue weighted by atomic mass is 9.78. The highest BCUT2D eigenvalue weighted by molar-refractivity contribution is 5.83. The van der Waals surface area contributed by atoms with Gasteiger partial charge in [-0.2, -0.15) is 0 Å². The molecule has 3 aliphatic rings. The van der Waals surface area contributed by atoms with E-state index in [1.807, 2.05) is 0 Å². The zero-order valence-electron chi connectivity index (χ0n) is 19.0. The second-order valence-corrected chi connectivity index (χ2v) is 9.60. The molecule has 4 atom stereocenters. The first-order valence-electron chi connectivity index (χ1n) is 11.9. The number of carbonyl (C=O) groups is 1. The zero-order valence-corrected chi connectivity index (χ0v) is 19.0. The van der Waals surface area contributed by atoms with Gasteiger partial charge < -0.3 is 31.1 Å². The molecule has 1 unspecified atom stereocenters. The number of hydrogen-bond acceptors (Lipinski definition) is 9. The van der Waals surface area contributed by atoms with Crippen LogP contribution in [0.3, 0.4) is 0 Å². The average molecular weight is 471 g/mol. The van der Waals surface area contributed by atoms with Gasteiger partial charge in [-0.15, -0.1) is 0 Å². The minimum Gasteiger partial charge on any atom is -0.387 e. The van der Waals surface area contributed by atoms with Crippen molar-refractivity contribution in [3.05, 3.63) is 12.2 Å².